The number of carbonyl (C=O) groups excluding carboxylic acids is 1. The number of halogens is 1. The van der Waals surface area contributed by atoms with Crippen LogP contribution in [0.25, 0.3) is 11.0 Å². The molecule has 0 unspecified atom stereocenters. The average molecular weight is 391 g/mol. The van der Waals surface area contributed by atoms with E-state index in [1.807, 2.05) is 24.0 Å². The third-order valence-corrected chi connectivity index (χ3v) is 5.93. The number of hydrogen-bond donors (Lipinski definition) is 0. The standard InChI is InChI=1S/C21H27ClN2O3/c1-13-10-23(11-14(2)26-13)12-17-5-4-8-24(17)21(25)20-15(3)18-9-16(22)6-7-19(18)27-20/h6-7,9,13-14,17H,4-5,8,10-12H2,1-3H3/t13-,14+,17-/m0/s1. The van der Waals surface area contributed by atoms with Crippen molar-refractivity contribution >= 4 is 28.5 Å². The van der Waals surface area contributed by atoms with E-state index in [2.05, 4.69) is 18.7 Å². The Bertz CT molecular complexity index is 839. The zero-order chi connectivity index (χ0) is 19.1. The summed E-state index contributed by atoms with van der Waals surface area (Å²) in [5.41, 5.74) is 1.59. The first-order valence-corrected chi connectivity index (χ1v) is 10.2. The largest absolute Gasteiger partial charge is 0.451 e. The number of morpholine rings is 1. The highest BCUT2D eigenvalue weighted by Gasteiger charge is 2.35. The summed E-state index contributed by atoms with van der Waals surface area (Å²) < 4.78 is 11.8. The average Bonchev–Trinajstić information content (AvgIpc) is 3.18. The molecular weight excluding hydrogens is 364 g/mol. The zero-order valence-electron chi connectivity index (χ0n) is 16.2. The summed E-state index contributed by atoms with van der Waals surface area (Å²) in [7, 11) is 0. The number of rotatable bonds is 3. The maximum Gasteiger partial charge on any atom is 0.290 e. The second kappa shape index (κ2) is 7.46. The third kappa shape index (κ3) is 3.73. The lowest BCUT2D eigenvalue weighted by atomic mass is 10.1. The predicted molar refractivity (Wildman–Crippen MR) is 106 cm³/mol. The van der Waals surface area contributed by atoms with Gasteiger partial charge in [0, 0.05) is 48.2 Å². The van der Waals surface area contributed by atoms with Crippen LogP contribution in [0.4, 0.5) is 0 Å². The first-order valence-electron chi connectivity index (χ1n) is 9.80. The van der Waals surface area contributed by atoms with Gasteiger partial charge in [-0.05, 0) is 51.8 Å². The molecular formula is C21H27ClN2O3. The number of ether oxygens (including phenoxy) is 1. The Labute approximate surface area is 165 Å². The Kier molecular flexibility index (Phi) is 5.19. The molecule has 2 aliphatic heterocycles. The van der Waals surface area contributed by atoms with Gasteiger partial charge < -0.3 is 14.1 Å². The molecule has 1 aromatic carbocycles. The second-order valence-electron chi connectivity index (χ2n) is 7.97. The summed E-state index contributed by atoms with van der Waals surface area (Å²) in [4.78, 5) is 17.7. The van der Waals surface area contributed by atoms with Gasteiger partial charge in [-0.1, -0.05) is 11.6 Å². The van der Waals surface area contributed by atoms with Crippen molar-refractivity contribution in [3.63, 3.8) is 0 Å². The zero-order valence-corrected chi connectivity index (χ0v) is 17.0. The molecule has 5 nitrogen and oxygen atoms in total. The number of aryl methyl sites for hydroxylation is 1. The molecule has 2 saturated heterocycles. The SMILES string of the molecule is Cc1c(C(=O)N2CCC[C@H]2CN2C[C@@H](C)O[C@@H](C)C2)oc2ccc(Cl)cc12. The van der Waals surface area contributed by atoms with Gasteiger partial charge in [-0.25, -0.2) is 0 Å². The first-order chi connectivity index (χ1) is 12.9. The molecule has 1 aromatic heterocycles. The summed E-state index contributed by atoms with van der Waals surface area (Å²) in [5, 5.41) is 1.57. The Hall–Kier alpha value is -1.56. The highest BCUT2D eigenvalue weighted by atomic mass is 35.5. The molecule has 0 radical (unpaired) electrons. The number of likely N-dealkylation sites (tertiary alicyclic amines) is 1. The van der Waals surface area contributed by atoms with Gasteiger partial charge >= 0.3 is 0 Å². The van der Waals surface area contributed by atoms with Crippen LogP contribution >= 0.6 is 11.6 Å². The van der Waals surface area contributed by atoms with E-state index in [-0.39, 0.29) is 24.2 Å². The van der Waals surface area contributed by atoms with Crippen LogP contribution in [0.5, 0.6) is 0 Å². The molecule has 0 aliphatic carbocycles. The fourth-order valence-corrected chi connectivity index (χ4v) is 4.72. The van der Waals surface area contributed by atoms with Gasteiger partial charge in [-0.3, -0.25) is 9.69 Å². The normalized spacial score (nSPS) is 26.8. The van der Waals surface area contributed by atoms with Gasteiger partial charge in [0.2, 0.25) is 0 Å². The van der Waals surface area contributed by atoms with Crippen LogP contribution in [0.15, 0.2) is 22.6 Å². The van der Waals surface area contributed by atoms with Crippen molar-refractivity contribution in [3.05, 3.63) is 34.5 Å². The van der Waals surface area contributed by atoms with E-state index in [0.717, 1.165) is 50.0 Å². The van der Waals surface area contributed by atoms with E-state index in [1.165, 1.54) is 0 Å². The number of nitrogens with zero attached hydrogens (tertiary/aromatic N) is 2. The Balaban J connectivity index is 1.53. The van der Waals surface area contributed by atoms with Gasteiger partial charge in [0.05, 0.1) is 12.2 Å². The number of carbonyl (C=O) groups is 1. The van der Waals surface area contributed by atoms with Crippen molar-refractivity contribution < 1.29 is 13.9 Å². The molecule has 3 atom stereocenters. The van der Waals surface area contributed by atoms with Crippen molar-refractivity contribution in [3.8, 4) is 0 Å². The fraction of sp³-hybridized carbons (Fsp3) is 0.571. The topological polar surface area (TPSA) is 45.9 Å². The lowest BCUT2D eigenvalue weighted by Gasteiger charge is -2.38. The molecule has 0 N–H and O–H groups in total. The molecule has 4 rings (SSSR count). The molecule has 146 valence electrons. The van der Waals surface area contributed by atoms with Crippen LogP contribution in [-0.2, 0) is 4.74 Å². The van der Waals surface area contributed by atoms with Crippen LogP contribution in [-0.4, -0.2) is 60.1 Å². The van der Waals surface area contributed by atoms with E-state index >= 15 is 0 Å². The number of fused-ring (bicyclic) bond motifs is 1. The highest BCUT2D eigenvalue weighted by Crippen LogP contribution is 2.30. The van der Waals surface area contributed by atoms with Crippen molar-refractivity contribution in [2.75, 3.05) is 26.2 Å². The molecule has 1 amide bonds. The lowest BCUT2D eigenvalue weighted by molar-refractivity contribution is -0.0715. The highest BCUT2D eigenvalue weighted by molar-refractivity contribution is 6.31. The van der Waals surface area contributed by atoms with Crippen LogP contribution in [0.3, 0.4) is 0 Å². The number of furan rings is 1. The molecule has 2 aliphatic rings. The third-order valence-electron chi connectivity index (χ3n) is 5.69. The molecule has 27 heavy (non-hydrogen) atoms. The van der Waals surface area contributed by atoms with Crippen molar-refractivity contribution in [1.82, 2.24) is 9.80 Å². The Morgan fingerprint density at radius 2 is 2.00 bits per heavy atom. The fourth-order valence-electron chi connectivity index (χ4n) is 4.55. The van der Waals surface area contributed by atoms with E-state index in [1.54, 1.807) is 6.07 Å². The molecule has 6 heteroatoms. The van der Waals surface area contributed by atoms with Crippen molar-refractivity contribution in [2.45, 2.75) is 51.9 Å². The van der Waals surface area contributed by atoms with Crippen molar-refractivity contribution in [1.29, 1.82) is 0 Å². The Morgan fingerprint density at radius 1 is 1.26 bits per heavy atom. The van der Waals surface area contributed by atoms with E-state index < -0.39 is 0 Å². The second-order valence-corrected chi connectivity index (χ2v) is 8.40. The van der Waals surface area contributed by atoms with E-state index in [4.69, 9.17) is 20.8 Å². The number of benzene rings is 1. The quantitative estimate of drug-likeness (QED) is 0.791. The summed E-state index contributed by atoms with van der Waals surface area (Å²) in [6.45, 7) is 9.69. The van der Waals surface area contributed by atoms with E-state index in [9.17, 15) is 4.79 Å². The summed E-state index contributed by atoms with van der Waals surface area (Å²) in [6, 6.07) is 5.72. The molecule has 0 bridgehead atoms. The first kappa shape index (κ1) is 18.8. The van der Waals surface area contributed by atoms with Crippen LogP contribution in [0, 0.1) is 6.92 Å². The summed E-state index contributed by atoms with van der Waals surface area (Å²) in [5.74, 6) is 0.444. The van der Waals surface area contributed by atoms with Crippen LogP contribution < -0.4 is 0 Å². The van der Waals surface area contributed by atoms with Gasteiger partial charge in [0.1, 0.15) is 5.58 Å². The molecule has 2 aromatic rings. The van der Waals surface area contributed by atoms with Crippen LogP contribution in [0.2, 0.25) is 5.02 Å². The van der Waals surface area contributed by atoms with E-state index in [0.29, 0.717) is 16.4 Å². The molecule has 0 saturated carbocycles. The summed E-state index contributed by atoms with van der Waals surface area (Å²) in [6.07, 6.45) is 2.55. The predicted octanol–water partition coefficient (Wildman–Crippen LogP) is 4.11. The minimum atomic E-state index is -0.00308. The summed E-state index contributed by atoms with van der Waals surface area (Å²) >= 11 is 6.11. The maximum absolute atomic E-state index is 13.3. The van der Waals surface area contributed by atoms with Gasteiger partial charge in [0.25, 0.3) is 5.91 Å². The number of hydrogen-bond acceptors (Lipinski definition) is 4. The maximum atomic E-state index is 13.3. The smallest absolute Gasteiger partial charge is 0.290 e. The Morgan fingerprint density at radius 3 is 2.74 bits per heavy atom. The van der Waals surface area contributed by atoms with Crippen LogP contribution in [0.1, 0.15) is 42.8 Å². The monoisotopic (exact) mass is 390 g/mol. The van der Waals surface area contributed by atoms with Gasteiger partial charge in [0.15, 0.2) is 5.76 Å². The minimum Gasteiger partial charge on any atom is -0.451 e. The molecule has 0 spiro atoms. The lowest BCUT2D eigenvalue weighted by Crippen LogP contribution is -2.50. The molecule has 3 heterocycles. The van der Waals surface area contributed by atoms with Gasteiger partial charge in [-0.15, -0.1) is 0 Å². The number of amides is 1. The minimum absolute atomic E-state index is 0.00308. The molecule has 2 fully saturated rings. The van der Waals surface area contributed by atoms with Crippen molar-refractivity contribution in [2.24, 2.45) is 0 Å². The van der Waals surface area contributed by atoms with Gasteiger partial charge in [-0.2, -0.15) is 0 Å².